The minimum absolute atomic E-state index is 0.0116. The molecule has 0 N–H and O–H groups in total. The van der Waals surface area contributed by atoms with Crippen molar-refractivity contribution in [1.82, 2.24) is 0 Å². The molecule has 1 rings (SSSR count). The zero-order chi connectivity index (χ0) is 12.8. The highest BCUT2D eigenvalue weighted by atomic mass is 32.2. The zero-order valence-corrected chi connectivity index (χ0v) is 8.41. The fraction of sp³-hybridized carbons (Fsp3) is 0. The number of hydrogen-bond donors (Lipinski definition) is 0. The van der Waals surface area contributed by atoms with Crippen molar-refractivity contribution >= 4 is 17.3 Å². The molecule has 0 heterocycles. The smallest absolute Gasteiger partial charge is 0.418 e. The van der Waals surface area contributed by atoms with Crippen molar-refractivity contribution in [2.24, 2.45) is 0 Å². The maximum atomic E-state index is 10.8. The van der Waals surface area contributed by atoms with E-state index in [1.165, 1.54) is 12.1 Å². The highest BCUT2D eigenvalue weighted by Crippen LogP contribution is 2.09. The molecule has 0 saturated carbocycles. The van der Waals surface area contributed by atoms with Crippen LogP contribution in [0.3, 0.4) is 0 Å². The average molecular weight is 256 g/mol. The van der Waals surface area contributed by atoms with Crippen LogP contribution in [0, 0.1) is 5.39 Å². The molecule has 10 heteroatoms. The molecule has 4 nitrogen and oxygen atoms in total. The van der Waals surface area contributed by atoms with Crippen LogP contribution >= 0.6 is 0 Å². The molecule has 0 aliphatic rings. The highest BCUT2D eigenvalue weighted by molar-refractivity contribution is 7.93. The van der Waals surface area contributed by atoms with E-state index in [1.807, 2.05) is 0 Å². The van der Waals surface area contributed by atoms with Crippen molar-refractivity contribution in [3.8, 4) is 0 Å². The third-order valence-corrected chi connectivity index (χ3v) is 2.23. The molecule has 0 spiro atoms. The van der Waals surface area contributed by atoms with Gasteiger partial charge in [-0.3, -0.25) is 0 Å². The first kappa shape index (κ1) is 14.4. The number of nitrogens with zero attached hydrogens (tertiary/aromatic N) is 2. The van der Waals surface area contributed by atoms with Gasteiger partial charge < -0.3 is 17.3 Å². The van der Waals surface area contributed by atoms with Gasteiger partial charge in [-0.15, -0.1) is 8.42 Å². The Morgan fingerprint density at radius 3 is 1.75 bits per heavy atom. The van der Waals surface area contributed by atoms with Crippen LogP contribution in [0.25, 0.3) is 4.38 Å². The minimum Gasteiger partial charge on any atom is -0.418 e. The van der Waals surface area contributed by atoms with E-state index in [9.17, 15) is 25.7 Å². The van der Waals surface area contributed by atoms with E-state index in [0.717, 1.165) is 0 Å². The topological polar surface area (TPSA) is 62.3 Å². The number of diazo groups is 1. The van der Waals surface area contributed by atoms with Gasteiger partial charge in [-0.05, 0) is 12.1 Å². The van der Waals surface area contributed by atoms with Gasteiger partial charge in [0.25, 0.3) is 4.38 Å². The Kier molecular flexibility index (Phi) is 4.90. The van der Waals surface area contributed by atoms with Crippen LogP contribution in [-0.4, -0.2) is 15.7 Å². The summed E-state index contributed by atoms with van der Waals surface area (Å²) in [6, 6.07) is 7.50. The molecule has 1 aromatic carbocycles. The Morgan fingerprint density at radius 2 is 1.44 bits per heavy atom. The van der Waals surface area contributed by atoms with E-state index in [0.29, 0.717) is 0 Å². The SMILES string of the molecule is F[B-](F)(F)F.N#[N+]S(=O)(=O)c1ccccc1. The molecule has 0 fully saturated rings. The molecule has 0 unspecified atom stereocenters. The summed E-state index contributed by atoms with van der Waals surface area (Å²) in [7, 11) is -9.82. The lowest BCUT2D eigenvalue weighted by Gasteiger charge is -1.94. The van der Waals surface area contributed by atoms with Gasteiger partial charge in [-0.25, -0.2) is 0 Å². The number of rotatable bonds is 1. The first-order valence-corrected chi connectivity index (χ1v) is 5.14. The van der Waals surface area contributed by atoms with Gasteiger partial charge in [-0.2, -0.15) is 0 Å². The van der Waals surface area contributed by atoms with E-state index in [4.69, 9.17) is 5.39 Å². The fourth-order valence-corrected chi connectivity index (χ4v) is 1.23. The molecule has 0 aliphatic heterocycles. The standard InChI is InChI=1S/C6H5N2O2S.BF4/c7-8-11(9,10)6-4-2-1-3-5-6;2-1(3,4)5/h1-5H;/q+1;-1. The van der Waals surface area contributed by atoms with Crippen molar-refractivity contribution in [2.75, 3.05) is 0 Å². The lowest BCUT2D eigenvalue weighted by Crippen LogP contribution is -2.02. The predicted octanol–water partition coefficient (Wildman–Crippen LogP) is 2.53. The quantitative estimate of drug-likeness (QED) is 0.440. The number of sulfonamides is 1. The van der Waals surface area contributed by atoms with Gasteiger partial charge >= 0.3 is 17.3 Å². The summed E-state index contributed by atoms with van der Waals surface area (Å²) >= 11 is 0. The normalized spacial score (nSPS) is 10.9. The van der Waals surface area contributed by atoms with Crippen molar-refractivity contribution in [3.05, 3.63) is 34.7 Å². The van der Waals surface area contributed by atoms with E-state index in [2.05, 4.69) is 4.38 Å². The van der Waals surface area contributed by atoms with Gasteiger partial charge in [0.1, 0.15) is 0 Å². The molecule has 0 amide bonds. The molecule has 16 heavy (non-hydrogen) atoms. The molecule has 88 valence electrons. The Balaban J connectivity index is 0.000000385. The number of benzene rings is 1. The van der Waals surface area contributed by atoms with Gasteiger partial charge in [0.2, 0.25) is 5.39 Å². The van der Waals surface area contributed by atoms with Crippen molar-refractivity contribution in [2.45, 2.75) is 4.90 Å². The second-order valence-corrected chi connectivity index (χ2v) is 3.95. The summed E-state index contributed by atoms with van der Waals surface area (Å²) in [6.45, 7) is 0. The van der Waals surface area contributed by atoms with Crippen molar-refractivity contribution < 1.29 is 25.7 Å². The molecular formula is C6H5BF4N2O2S. The summed E-state index contributed by atoms with van der Waals surface area (Å²) in [5.74, 6) is 0. The Bertz CT molecular complexity index is 462. The van der Waals surface area contributed by atoms with E-state index in [1.54, 1.807) is 18.2 Å². The number of hydrogen-bond acceptors (Lipinski definition) is 3. The van der Waals surface area contributed by atoms with Gasteiger partial charge in [0, 0.05) is 0 Å². The summed E-state index contributed by atoms with van der Waals surface area (Å²) in [5, 5.41) is 8.08. The monoisotopic (exact) mass is 256 g/mol. The molecule has 0 radical (unpaired) electrons. The Morgan fingerprint density at radius 1 is 1.06 bits per heavy atom. The van der Waals surface area contributed by atoms with E-state index < -0.39 is 17.3 Å². The maximum Gasteiger partial charge on any atom is 0.673 e. The van der Waals surface area contributed by atoms with Gasteiger partial charge in [0.05, 0.1) is 0 Å². The van der Waals surface area contributed by atoms with Gasteiger partial charge in [0.15, 0.2) is 4.90 Å². The van der Waals surface area contributed by atoms with Gasteiger partial charge in [-0.1, -0.05) is 18.2 Å². The third-order valence-electron chi connectivity index (χ3n) is 1.15. The fourth-order valence-electron chi connectivity index (χ4n) is 0.640. The first-order chi connectivity index (χ1) is 7.17. The van der Waals surface area contributed by atoms with Crippen LogP contribution in [0.5, 0.6) is 0 Å². The predicted molar refractivity (Wildman–Crippen MR) is 48.9 cm³/mol. The first-order valence-electron chi connectivity index (χ1n) is 3.70. The second-order valence-electron chi connectivity index (χ2n) is 2.36. The maximum absolute atomic E-state index is 10.8. The molecule has 0 aliphatic carbocycles. The molecule has 0 saturated heterocycles. The lowest BCUT2D eigenvalue weighted by atomic mass is 10.3. The van der Waals surface area contributed by atoms with Crippen LogP contribution in [0.15, 0.2) is 35.2 Å². The summed E-state index contributed by atoms with van der Waals surface area (Å²) in [6.07, 6.45) is 0. The Hall–Kier alpha value is -1.63. The molecular weight excluding hydrogens is 251 g/mol. The average Bonchev–Trinajstić information content (AvgIpc) is 2.17. The Labute approximate surface area is 88.7 Å². The van der Waals surface area contributed by atoms with Crippen LogP contribution < -0.4 is 0 Å². The zero-order valence-electron chi connectivity index (χ0n) is 7.60. The largest absolute Gasteiger partial charge is 0.673 e. The lowest BCUT2D eigenvalue weighted by molar-refractivity contribution is 0.368. The molecule has 0 aromatic heterocycles. The van der Waals surface area contributed by atoms with Crippen LogP contribution in [0.1, 0.15) is 0 Å². The van der Waals surface area contributed by atoms with Crippen molar-refractivity contribution in [3.63, 3.8) is 0 Å². The van der Waals surface area contributed by atoms with E-state index >= 15 is 0 Å². The minimum atomic E-state index is -6.00. The van der Waals surface area contributed by atoms with Crippen LogP contribution in [0.4, 0.5) is 17.3 Å². The van der Waals surface area contributed by atoms with Crippen molar-refractivity contribution in [1.29, 1.82) is 5.39 Å². The summed E-state index contributed by atoms with van der Waals surface area (Å²) in [5.41, 5.74) is 0. The molecule has 0 bridgehead atoms. The number of halogens is 4. The highest BCUT2D eigenvalue weighted by Gasteiger charge is 2.25. The second kappa shape index (κ2) is 5.46. The molecule has 1 aromatic rings. The third kappa shape index (κ3) is 6.77. The summed E-state index contributed by atoms with van der Waals surface area (Å²) in [4.78, 5) is -0.0116. The van der Waals surface area contributed by atoms with E-state index in [-0.39, 0.29) is 4.90 Å². The van der Waals surface area contributed by atoms with Crippen LogP contribution in [0.2, 0.25) is 0 Å². The van der Waals surface area contributed by atoms with Crippen LogP contribution in [-0.2, 0) is 10.0 Å². The summed E-state index contributed by atoms with van der Waals surface area (Å²) < 4.78 is 62.8. The molecule has 0 atom stereocenters.